The lowest BCUT2D eigenvalue weighted by molar-refractivity contribution is 0.0365. The van der Waals surface area contributed by atoms with Gasteiger partial charge < -0.3 is 15.7 Å². The molecule has 1 aromatic heterocycles. The zero-order chi connectivity index (χ0) is 16.7. The highest BCUT2D eigenvalue weighted by molar-refractivity contribution is 5.94. The van der Waals surface area contributed by atoms with E-state index in [4.69, 9.17) is 5.73 Å². The normalized spacial score (nSPS) is 21.7. The molecule has 1 amide bonds. The van der Waals surface area contributed by atoms with Crippen molar-refractivity contribution in [2.75, 3.05) is 18.8 Å². The predicted octanol–water partition coefficient (Wildman–Crippen LogP) is 1.75. The van der Waals surface area contributed by atoms with Crippen LogP contribution in [0.4, 0.5) is 5.82 Å². The van der Waals surface area contributed by atoms with Crippen LogP contribution in [0.1, 0.15) is 34.3 Å². The molecule has 0 radical (unpaired) electrons. The number of amides is 1. The third-order valence-corrected chi connectivity index (χ3v) is 5.58. The number of anilines is 1. The second-order valence-corrected chi connectivity index (χ2v) is 6.80. The summed E-state index contributed by atoms with van der Waals surface area (Å²) in [6, 6.07) is 11.7. The van der Waals surface area contributed by atoms with E-state index in [0.29, 0.717) is 30.9 Å². The number of pyridine rings is 1. The lowest BCUT2D eigenvalue weighted by Crippen LogP contribution is -2.49. The number of nitrogen functional groups attached to an aromatic ring is 1. The number of carbonyl (C=O) groups excluding carboxylic acids is 1. The minimum atomic E-state index is -0.356. The van der Waals surface area contributed by atoms with Crippen LogP contribution in [0, 0.1) is 0 Å². The molecule has 24 heavy (non-hydrogen) atoms. The van der Waals surface area contributed by atoms with E-state index in [0.717, 1.165) is 12.8 Å². The first-order chi connectivity index (χ1) is 11.6. The molecule has 1 atom stereocenters. The van der Waals surface area contributed by atoms with Crippen LogP contribution < -0.4 is 5.73 Å². The third-order valence-electron chi connectivity index (χ3n) is 5.58. The van der Waals surface area contributed by atoms with Crippen molar-refractivity contribution in [1.29, 1.82) is 0 Å². The van der Waals surface area contributed by atoms with Gasteiger partial charge in [-0.05, 0) is 42.5 Å². The van der Waals surface area contributed by atoms with Crippen molar-refractivity contribution in [2.24, 2.45) is 0 Å². The summed E-state index contributed by atoms with van der Waals surface area (Å²) in [5.74, 6) is 0.396. The molecule has 4 rings (SSSR count). The fourth-order valence-corrected chi connectivity index (χ4v) is 4.19. The zero-order valence-corrected chi connectivity index (χ0v) is 13.5. The molecule has 2 aromatic rings. The maximum Gasteiger partial charge on any atom is 0.255 e. The van der Waals surface area contributed by atoms with Crippen LogP contribution in [0.2, 0.25) is 0 Å². The van der Waals surface area contributed by atoms with Crippen LogP contribution in [0.3, 0.4) is 0 Å². The largest absolute Gasteiger partial charge is 0.392 e. The second kappa shape index (κ2) is 5.60. The SMILES string of the molecule is Nc1ccc(C(=O)N2CCC3(CC2)c2ccccc2C[C@@H]3O)cn1. The molecule has 1 aliphatic heterocycles. The molecule has 0 saturated carbocycles. The number of hydrogen-bond donors (Lipinski definition) is 2. The fraction of sp³-hybridized carbons (Fsp3) is 0.368. The van der Waals surface area contributed by atoms with Gasteiger partial charge in [-0.3, -0.25) is 4.79 Å². The quantitative estimate of drug-likeness (QED) is 0.838. The summed E-state index contributed by atoms with van der Waals surface area (Å²) in [5, 5.41) is 10.7. The molecule has 1 saturated heterocycles. The molecule has 0 unspecified atom stereocenters. The maximum absolute atomic E-state index is 12.6. The summed E-state index contributed by atoms with van der Waals surface area (Å²) in [6.45, 7) is 1.29. The molecule has 1 aromatic carbocycles. The molecular formula is C19H21N3O2. The van der Waals surface area contributed by atoms with Gasteiger partial charge in [0.05, 0.1) is 11.7 Å². The molecule has 5 heteroatoms. The first-order valence-electron chi connectivity index (χ1n) is 8.37. The van der Waals surface area contributed by atoms with Crippen LogP contribution in [0.15, 0.2) is 42.6 Å². The Morgan fingerprint density at radius 1 is 1.21 bits per heavy atom. The molecule has 2 heterocycles. The Bertz CT molecular complexity index is 764. The molecule has 2 aliphatic rings. The zero-order valence-electron chi connectivity index (χ0n) is 13.5. The van der Waals surface area contributed by atoms with Crippen LogP contribution in [0.25, 0.3) is 0 Å². The van der Waals surface area contributed by atoms with E-state index >= 15 is 0 Å². The van der Waals surface area contributed by atoms with E-state index < -0.39 is 0 Å². The Morgan fingerprint density at radius 2 is 1.96 bits per heavy atom. The number of rotatable bonds is 1. The summed E-state index contributed by atoms with van der Waals surface area (Å²) >= 11 is 0. The Labute approximate surface area is 141 Å². The van der Waals surface area contributed by atoms with Crippen molar-refractivity contribution in [2.45, 2.75) is 30.8 Å². The molecule has 3 N–H and O–H groups in total. The van der Waals surface area contributed by atoms with Crippen LogP contribution >= 0.6 is 0 Å². The Kier molecular flexibility index (Phi) is 3.53. The number of likely N-dealkylation sites (tertiary alicyclic amines) is 1. The Morgan fingerprint density at radius 3 is 2.67 bits per heavy atom. The summed E-state index contributed by atoms with van der Waals surface area (Å²) < 4.78 is 0. The summed E-state index contributed by atoms with van der Waals surface area (Å²) in [4.78, 5) is 18.5. The number of hydrogen-bond acceptors (Lipinski definition) is 4. The van der Waals surface area contributed by atoms with Gasteiger partial charge in [0.15, 0.2) is 0 Å². The predicted molar refractivity (Wildman–Crippen MR) is 91.6 cm³/mol. The summed E-state index contributed by atoms with van der Waals surface area (Å²) in [6.07, 6.45) is 3.47. The van der Waals surface area contributed by atoms with Crippen molar-refractivity contribution in [3.63, 3.8) is 0 Å². The smallest absolute Gasteiger partial charge is 0.255 e. The van der Waals surface area contributed by atoms with Crippen LogP contribution in [-0.4, -0.2) is 40.1 Å². The third kappa shape index (κ3) is 2.27. The number of benzene rings is 1. The van der Waals surface area contributed by atoms with Gasteiger partial charge in [0, 0.05) is 24.7 Å². The lowest BCUT2D eigenvalue weighted by atomic mass is 9.72. The molecule has 0 bridgehead atoms. The first-order valence-corrected chi connectivity index (χ1v) is 8.37. The molecule has 1 spiro atoms. The summed E-state index contributed by atoms with van der Waals surface area (Å²) in [5.41, 5.74) is 8.45. The highest BCUT2D eigenvalue weighted by Gasteiger charge is 2.48. The number of nitrogens with zero attached hydrogens (tertiary/aromatic N) is 2. The average molecular weight is 323 g/mol. The number of aliphatic hydroxyl groups is 1. The molecule has 124 valence electrons. The minimum absolute atomic E-state index is 0.0156. The van der Waals surface area contributed by atoms with Crippen molar-refractivity contribution in [3.05, 3.63) is 59.3 Å². The lowest BCUT2D eigenvalue weighted by Gasteiger charge is -2.42. The highest BCUT2D eigenvalue weighted by atomic mass is 16.3. The van der Waals surface area contributed by atoms with Gasteiger partial charge in [0.1, 0.15) is 5.82 Å². The molecule has 5 nitrogen and oxygen atoms in total. The van der Waals surface area contributed by atoms with Crippen LogP contribution in [-0.2, 0) is 11.8 Å². The monoisotopic (exact) mass is 323 g/mol. The number of aromatic nitrogens is 1. The van der Waals surface area contributed by atoms with Gasteiger partial charge in [-0.25, -0.2) is 4.98 Å². The Balaban J connectivity index is 1.53. The standard InChI is InChI=1S/C19H21N3O2/c20-17-6-5-14(12-21-17)18(24)22-9-7-19(8-10-22)15-4-2-1-3-13(15)11-16(19)23/h1-6,12,16,23H,7-11H2,(H2,20,21)/t16-/m0/s1. The van der Waals surface area contributed by atoms with Crippen molar-refractivity contribution >= 4 is 11.7 Å². The number of fused-ring (bicyclic) bond motifs is 2. The van der Waals surface area contributed by atoms with Crippen molar-refractivity contribution in [3.8, 4) is 0 Å². The van der Waals surface area contributed by atoms with E-state index in [1.165, 1.54) is 17.3 Å². The molecular weight excluding hydrogens is 302 g/mol. The number of aliphatic hydroxyl groups excluding tert-OH is 1. The van der Waals surface area contributed by atoms with E-state index in [1.807, 2.05) is 17.0 Å². The van der Waals surface area contributed by atoms with Gasteiger partial charge in [0.2, 0.25) is 0 Å². The number of carbonyl (C=O) groups is 1. The fourth-order valence-electron chi connectivity index (χ4n) is 4.19. The van der Waals surface area contributed by atoms with Crippen molar-refractivity contribution in [1.82, 2.24) is 9.88 Å². The molecule has 1 fully saturated rings. The van der Waals surface area contributed by atoms with E-state index in [2.05, 4.69) is 17.1 Å². The second-order valence-electron chi connectivity index (χ2n) is 6.80. The Hall–Kier alpha value is -2.40. The number of piperidine rings is 1. The first kappa shape index (κ1) is 15.1. The topological polar surface area (TPSA) is 79.5 Å². The average Bonchev–Trinajstić information content (AvgIpc) is 2.88. The van der Waals surface area contributed by atoms with E-state index in [1.54, 1.807) is 12.1 Å². The highest BCUT2D eigenvalue weighted by Crippen LogP contribution is 2.46. The maximum atomic E-state index is 12.6. The van der Waals surface area contributed by atoms with Crippen LogP contribution in [0.5, 0.6) is 0 Å². The van der Waals surface area contributed by atoms with Gasteiger partial charge in [0.25, 0.3) is 5.91 Å². The van der Waals surface area contributed by atoms with E-state index in [-0.39, 0.29) is 17.4 Å². The summed E-state index contributed by atoms with van der Waals surface area (Å²) in [7, 11) is 0. The minimum Gasteiger partial charge on any atom is -0.392 e. The molecule has 1 aliphatic carbocycles. The van der Waals surface area contributed by atoms with Crippen molar-refractivity contribution < 1.29 is 9.90 Å². The van der Waals surface area contributed by atoms with Gasteiger partial charge >= 0.3 is 0 Å². The number of nitrogens with two attached hydrogens (primary N) is 1. The van der Waals surface area contributed by atoms with Gasteiger partial charge in [-0.1, -0.05) is 24.3 Å². The van der Waals surface area contributed by atoms with E-state index in [9.17, 15) is 9.90 Å². The van der Waals surface area contributed by atoms with Gasteiger partial charge in [-0.15, -0.1) is 0 Å². The van der Waals surface area contributed by atoms with Gasteiger partial charge in [-0.2, -0.15) is 0 Å².